The zero-order valence-corrected chi connectivity index (χ0v) is 10.6. The Balaban J connectivity index is 2.96. The Kier molecular flexibility index (Phi) is 5.24. The van der Waals surface area contributed by atoms with Crippen molar-refractivity contribution in [2.45, 2.75) is 24.0 Å². The van der Waals surface area contributed by atoms with Crippen LogP contribution in [0.2, 0.25) is 0 Å². The lowest BCUT2D eigenvalue weighted by Gasteiger charge is -2.09. The minimum absolute atomic E-state index is 0.0344. The zero-order chi connectivity index (χ0) is 12.8. The molecule has 94 valence electrons. The molecular weight excluding hydrogens is 242 g/mol. The summed E-state index contributed by atoms with van der Waals surface area (Å²) >= 11 is 1.45. The van der Waals surface area contributed by atoms with Gasteiger partial charge in [0.2, 0.25) is 0 Å². The number of benzene rings is 1. The van der Waals surface area contributed by atoms with Gasteiger partial charge in [0, 0.05) is 22.3 Å². The van der Waals surface area contributed by atoms with E-state index in [4.69, 9.17) is 9.84 Å². The van der Waals surface area contributed by atoms with Gasteiger partial charge in [-0.25, -0.2) is 0 Å². The Labute approximate surface area is 104 Å². The van der Waals surface area contributed by atoms with E-state index in [0.29, 0.717) is 6.61 Å². The number of hydrogen-bond donors (Lipinski definition) is 1. The molecule has 17 heavy (non-hydrogen) atoms. The quantitative estimate of drug-likeness (QED) is 0.481. The van der Waals surface area contributed by atoms with Crippen LogP contribution in [0.15, 0.2) is 23.1 Å². The summed E-state index contributed by atoms with van der Waals surface area (Å²) in [5.41, 5.74) is -0.0344. The van der Waals surface area contributed by atoms with Crippen LogP contribution in [0.25, 0.3) is 0 Å². The van der Waals surface area contributed by atoms with E-state index in [1.807, 2.05) is 6.92 Å². The molecule has 0 fully saturated rings. The van der Waals surface area contributed by atoms with Crippen LogP contribution in [-0.2, 0) is 0 Å². The molecule has 1 aromatic rings. The highest BCUT2D eigenvalue weighted by molar-refractivity contribution is 8.00. The number of rotatable bonds is 6. The molecule has 0 spiro atoms. The molecule has 0 bridgehead atoms. The van der Waals surface area contributed by atoms with Crippen molar-refractivity contribution in [2.24, 2.45) is 0 Å². The summed E-state index contributed by atoms with van der Waals surface area (Å²) in [7, 11) is 0. The summed E-state index contributed by atoms with van der Waals surface area (Å²) in [6.07, 6.45) is 0. The van der Waals surface area contributed by atoms with Crippen LogP contribution in [0.4, 0.5) is 5.69 Å². The monoisotopic (exact) mass is 257 g/mol. The van der Waals surface area contributed by atoms with Gasteiger partial charge in [-0.15, -0.1) is 11.8 Å². The standard InChI is InChI=1S/C11H15NO4S/c1-3-16-11-6-9(17-8(2)7-13)4-5-10(11)12(14)15/h4-6,8,13H,3,7H2,1-2H3/t8-/m1/s1. The van der Waals surface area contributed by atoms with Crippen LogP contribution in [0, 0.1) is 10.1 Å². The van der Waals surface area contributed by atoms with Crippen LogP contribution >= 0.6 is 11.8 Å². The van der Waals surface area contributed by atoms with Gasteiger partial charge in [-0.2, -0.15) is 0 Å². The molecule has 1 aromatic carbocycles. The number of aliphatic hydroxyl groups is 1. The molecule has 1 N–H and O–H groups in total. The fraction of sp³-hybridized carbons (Fsp3) is 0.455. The molecule has 0 amide bonds. The SMILES string of the molecule is CCOc1cc(S[C@H](C)CO)ccc1[N+](=O)[O-]. The molecule has 1 rings (SSSR count). The fourth-order valence-electron chi connectivity index (χ4n) is 1.26. The molecule has 0 saturated heterocycles. The van der Waals surface area contributed by atoms with E-state index < -0.39 is 4.92 Å². The second-order valence-electron chi connectivity index (χ2n) is 3.43. The van der Waals surface area contributed by atoms with E-state index in [1.54, 1.807) is 19.1 Å². The van der Waals surface area contributed by atoms with Gasteiger partial charge in [-0.05, 0) is 13.0 Å². The Bertz CT molecular complexity index is 397. The first-order chi connectivity index (χ1) is 8.08. The molecule has 0 aromatic heterocycles. The third kappa shape index (κ3) is 3.90. The van der Waals surface area contributed by atoms with E-state index in [9.17, 15) is 10.1 Å². The summed E-state index contributed by atoms with van der Waals surface area (Å²) in [4.78, 5) is 11.1. The highest BCUT2D eigenvalue weighted by atomic mass is 32.2. The smallest absolute Gasteiger partial charge is 0.310 e. The molecular formula is C11H15NO4S. The third-order valence-electron chi connectivity index (χ3n) is 2.02. The average Bonchev–Trinajstić information content (AvgIpc) is 2.29. The van der Waals surface area contributed by atoms with Crippen LogP contribution < -0.4 is 4.74 Å². The lowest BCUT2D eigenvalue weighted by Crippen LogP contribution is -2.02. The summed E-state index contributed by atoms with van der Waals surface area (Å²) in [5, 5.41) is 19.8. The summed E-state index contributed by atoms with van der Waals surface area (Å²) in [6, 6.07) is 4.73. The normalized spacial score (nSPS) is 12.2. The van der Waals surface area contributed by atoms with Gasteiger partial charge in [0.1, 0.15) is 0 Å². The number of thioether (sulfide) groups is 1. The Morgan fingerprint density at radius 1 is 1.59 bits per heavy atom. The second-order valence-corrected chi connectivity index (χ2v) is 4.94. The molecule has 0 aliphatic carbocycles. The van der Waals surface area contributed by atoms with Crippen molar-refractivity contribution in [2.75, 3.05) is 13.2 Å². The first-order valence-electron chi connectivity index (χ1n) is 5.27. The predicted octanol–water partition coefficient (Wildman–Crippen LogP) is 2.47. The van der Waals surface area contributed by atoms with Gasteiger partial charge >= 0.3 is 5.69 Å². The summed E-state index contributed by atoms with van der Waals surface area (Å²) in [5.74, 6) is 0.271. The highest BCUT2D eigenvalue weighted by Crippen LogP contribution is 2.33. The van der Waals surface area contributed by atoms with Gasteiger partial charge in [0.15, 0.2) is 5.75 Å². The summed E-state index contributed by atoms with van der Waals surface area (Å²) < 4.78 is 5.24. The van der Waals surface area contributed by atoms with E-state index >= 15 is 0 Å². The van der Waals surface area contributed by atoms with Crippen LogP contribution in [0.3, 0.4) is 0 Å². The van der Waals surface area contributed by atoms with Crippen molar-refractivity contribution >= 4 is 17.4 Å². The third-order valence-corrected chi connectivity index (χ3v) is 3.10. The molecule has 6 heteroatoms. The second kappa shape index (κ2) is 6.46. The topological polar surface area (TPSA) is 72.6 Å². The summed E-state index contributed by atoms with van der Waals surface area (Å²) in [6.45, 7) is 4.10. The average molecular weight is 257 g/mol. The van der Waals surface area contributed by atoms with Crippen molar-refractivity contribution in [1.29, 1.82) is 0 Å². The van der Waals surface area contributed by atoms with Gasteiger partial charge in [-0.1, -0.05) is 6.92 Å². The van der Waals surface area contributed by atoms with E-state index in [2.05, 4.69) is 0 Å². The maximum atomic E-state index is 10.8. The molecule has 0 radical (unpaired) electrons. The lowest BCUT2D eigenvalue weighted by molar-refractivity contribution is -0.385. The van der Waals surface area contributed by atoms with E-state index in [1.165, 1.54) is 17.8 Å². The van der Waals surface area contributed by atoms with Crippen molar-refractivity contribution in [1.82, 2.24) is 0 Å². The largest absolute Gasteiger partial charge is 0.487 e. The first kappa shape index (κ1) is 13.8. The fourth-order valence-corrected chi connectivity index (χ4v) is 2.12. The predicted molar refractivity (Wildman–Crippen MR) is 66.7 cm³/mol. The van der Waals surface area contributed by atoms with E-state index in [-0.39, 0.29) is 23.3 Å². The number of nitrogens with zero attached hydrogens (tertiary/aromatic N) is 1. The van der Waals surface area contributed by atoms with Crippen molar-refractivity contribution in [3.8, 4) is 5.75 Å². The van der Waals surface area contributed by atoms with Gasteiger partial charge in [0.25, 0.3) is 0 Å². The molecule has 0 heterocycles. The number of hydrogen-bond acceptors (Lipinski definition) is 5. The maximum absolute atomic E-state index is 10.8. The zero-order valence-electron chi connectivity index (χ0n) is 9.75. The van der Waals surface area contributed by atoms with Crippen LogP contribution in [0.5, 0.6) is 5.75 Å². The number of nitro groups is 1. The Morgan fingerprint density at radius 2 is 2.29 bits per heavy atom. The Morgan fingerprint density at radius 3 is 2.82 bits per heavy atom. The molecule has 0 aliphatic heterocycles. The number of nitro benzene ring substituents is 1. The van der Waals surface area contributed by atoms with Crippen LogP contribution in [-0.4, -0.2) is 28.5 Å². The molecule has 0 saturated carbocycles. The van der Waals surface area contributed by atoms with Gasteiger partial charge in [0.05, 0.1) is 18.1 Å². The number of aliphatic hydroxyl groups excluding tert-OH is 1. The van der Waals surface area contributed by atoms with E-state index in [0.717, 1.165) is 4.90 Å². The Hall–Kier alpha value is -1.27. The van der Waals surface area contributed by atoms with Crippen LogP contribution in [0.1, 0.15) is 13.8 Å². The molecule has 5 nitrogen and oxygen atoms in total. The lowest BCUT2D eigenvalue weighted by atomic mass is 10.3. The highest BCUT2D eigenvalue weighted by Gasteiger charge is 2.16. The first-order valence-corrected chi connectivity index (χ1v) is 6.15. The molecule has 0 aliphatic rings. The molecule has 0 unspecified atom stereocenters. The van der Waals surface area contributed by atoms with Crippen molar-refractivity contribution < 1.29 is 14.8 Å². The van der Waals surface area contributed by atoms with Crippen molar-refractivity contribution in [3.63, 3.8) is 0 Å². The van der Waals surface area contributed by atoms with Crippen molar-refractivity contribution in [3.05, 3.63) is 28.3 Å². The minimum atomic E-state index is -0.463. The maximum Gasteiger partial charge on any atom is 0.310 e. The minimum Gasteiger partial charge on any atom is -0.487 e. The number of ether oxygens (including phenoxy) is 1. The molecule has 1 atom stereocenters. The van der Waals surface area contributed by atoms with Gasteiger partial charge < -0.3 is 9.84 Å². The van der Waals surface area contributed by atoms with Gasteiger partial charge in [-0.3, -0.25) is 10.1 Å².